The lowest BCUT2D eigenvalue weighted by Crippen LogP contribution is -2.00. The molecule has 1 aromatic carbocycles. The van der Waals surface area contributed by atoms with Crippen LogP contribution in [0.1, 0.15) is 5.56 Å². The number of benzene rings is 1. The second kappa shape index (κ2) is 4.04. The molecule has 1 aromatic heterocycles. The number of nitrogens with one attached hydrogen (secondary N) is 1. The first-order valence-electron chi connectivity index (χ1n) is 4.75. The molecule has 0 amide bonds. The van der Waals surface area contributed by atoms with Crippen LogP contribution in [0.2, 0.25) is 0 Å². The Bertz CT molecular complexity index is 451. The Morgan fingerprint density at radius 2 is 2.27 bits per heavy atom. The van der Waals surface area contributed by atoms with E-state index in [1.807, 2.05) is 31.4 Å². The highest BCUT2D eigenvalue weighted by atomic mass is 16.3. The van der Waals surface area contributed by atoms with Crippen LogP contribution < -0.4 is 5.32 Å². The van der Waals surface area contributed by atoms with Crippen LogP contribution >= 0.6 is 0 Å². The summed E-state index contributed by atoms with van der Waals surface area (Å²) < 4.78 is 1.74. The van der Waals surface area contributed by atoms with Crippen LogP contribution in [0.5, 0.6) is 5.75 Å². The summed E-state index contributed by atoms with van der Waals surface area (Å²) in [6.45, 7) is 0.658. The van der Waals surface area contributed by atoms with Crippen molar-refractivity contribution in [2.24, 2.45) is 7.05 Å². The van der Waals surface area contributed by atoms with Gasteiger partial charge in [-0.2, -0.15) is 5.10 Å². The Kier molecular flexibility index (Phi) is 2.58. The number of aryl methyl sites for hydroxylation is 1. The topological polar surface area (TPSA) is 50.1 Å². The monoisotopic (exact) mass is 203 g/mol. The van der Waals surface area contributed by atoms with Crippen molar-refractivity contribution >= 4 is 5.82 Å². The third-order valence-corrected chi connectivity index (χ3v) is 2.10. The van der Waals surface area contributed by atoms with E-state index >= 15 is 0 Å². The molecule has 0 aliphatic heterocycles. The van der Waals surface area contributed by atoms with E-state index in [-0.39, 0.29) is 5.75 Å². The average molecular weight is 203 g/mol. The number of phenolic OH excluding ortho intramolecular Hbond substituents is 1. The number of aromatic nitrogens is 2. The van der Waals surface area contributed by atoms with Gasteiger partial charge in [-0.25, -0.2) is 0 Å². The first kappa shape index (κ1) is 9.58. The maximum absolute atomic E-state index is 9.27. The molecule has 4 heteroatoms. The van der Waals surface area contributed by atoms with E-state index in [9.17, 15) is 5.11 Å². The third-order valence-electron chi connectivity index (χ3n) is 2.10. The minimum Gasteiger partial charge on any atom is -0.508 e. The van der Waals surface area contributed by atoms with Crippen LogP contribution in [0, 0.1) is 0 Å². The lowest BCUT2D eigenvalue weighted by Gasteiger charge is -2.03. The molecule has 0 aliphatic carbocycles. The van der Waals surface area contributed by atoms with E-state index in [1.54, 1.807) is 16.8 Å². The predicted molar refractivity (Wildman–Crippen MR) is 58.6 cm³/mol. The molecule has 78 valence electrons. The molecule has 0 saturated heterocycles. The summed E-state index contributed by atoms with van der Waals surface area (Å²) in [5.74, 6) is 1.12. The fourth-order valence-electron chi connectivity index (χ4n) is 1.37. The van der Waals surface area contributed by atoms with E-state index in [2.05, 4.69) is 10.4 Å². The summed E-state index contributed by atoms with van der Waals surface area (Å²) in [6, 6.07) is 9.07. The van der Waals surface area contributed by atoms with Gasteiger partial charge in [0, 0.05) is 25.9 Å². The molecule has 0 radical (unpaired) electrons. The Balaban J connectivity index is 1.99. The fraction of sp³-hybridized carbons (Fsp3) is 0.182. The van der Waals surface area contributed by atoms with Gasteiger partial charge in [0.05, 0.1) is 0 Å². The van der Waals surface area contributed by atoms with E-state index < -0.39 is 0 Å². The molecular weight excluding hydrogens is 190 g/mol. The first-order valence-corrected chi connectivity index (χ1v) is 4.75. The van der Waals surface area contributed by atoms with Crippen molar-refractivity contribution < 1.29 is 5.11 Å². The lowest BCUT2D eigenvalue weighted by atomic mass is 10.2. The minimum atomic E-state index is 0.287. The summed E-state index contributed by atoms with van der Waals surface area (Å²) in [7, 11) is 1.87. The summed E-state index contributed by atoms with van der Waals surface area (Å²) in [6.07, 6.45) is 1.88. The summed E-state index contributed by atoms with van der Waals surface area (Å²) in [5.41, 5.74) is 1.03. The largest absolute Gasteiger partial charge is 0.508 e. The quantitative estimate of drug-likeness (QED) is 0.798. The number of anilines is 1. The van der Waals surface area contributed by atoms with Gasteiger partial charge in [-0.3, -0.25) is 4.68 Å². The molecule has 0 unspecified atom stereocenters. The number of rotatable bonds is 3. The Hall–Kier alpha value is -1.97. The maximum atomic E-state index is 9.27. The summed E-state index contributed by atoms with van der Waals surface area (Å²) in [4.78, 5) is 0. The molecule has 0 aliphatic rings. The van der Waals surface area contributed by atoms with Crippen molar-refractivity contribution in [2.45, 2.75) is 6.54 Å². The summed E-state index contributed by atoms with van der Waals surface area (Å²) >= 11 is 0. The molecule has 2 aromatic rings. The van der Waals surface area contributed by atoms with Crippen molar-refractivity contribution in [1.82, 2.24) is 9.78 Å². The van der Waals surface area contributed by atoms with Crippen LogP contribution in [0.25, 0.3) is 0 Å². The van der Waals surface area contributed by atoms with Gasteiger partial charge < -0.3 is 10.4 Å². The molecule has 0 saturated carbocycles. The molecule has 0 atom stereocenters. The van der Waals surface area contributed by atoms with E-state index in [0.717, 1.165) is 11.4 Å². The smallest absolute Gasteiger partial charge is 0.148 e. The third kappa shape index (κ3) is 2.49. The zero-order chi connectivity index (χ0) is 10.7. The van der Waals surface area contributed by atoms with Crippen molar-refractivity contribution in [3.63, 3.8) is 0 Å². The molecule has 2 N–H and O–H groups in total. The van der Waals surface area contributed by atoms with Crippen LogP contribution in [0.15, 0.2) is 36.5 Å². The first-order chi connectivity index (χ1) is 7.24. The standard InChI is InChI=1S/C11H13N3O/c1-14-6-5-11(13-14)12-8-9-3-2-4-10(15)7-9/h2-7,15H,8H2,1H3,(H,12,13). The van der Waals surface area contributed by atoms with Crippen LogP contribution in [-0.4, -0.2) is 14.9 Å². The minimum absolute atomic E-state index is 0.287. The normalized spacial score (nSPS) is 10.2. The molecule has 15 heavy (non-hydrogen) atoms. The molecule has 2 rings (SSSR count). The number of phenols is 1. The Morgan fingerprint density at radius 3 is 2.93 bits per heavy atom. The molecule has 0 spiro atoms. The molecular formula is C11H13N3O. The summed E-state index contributed by atoms with van der Waals surface area (Å²) in [5, 5.41) is 16.6. The predicted octanol–water partition coefficient (Wildman–Crippen LogP) is 1.74. The number of nitrogens with zero attached hydrogens (tertiary/aromatic N) is 2. The van der Waals surface area contributed by atoms with Crippen molar-refractivity contribution in [3.05, 3.63) is 42.1 Å². The van der Waals surface area contributed by atoms with Gasteiger partial charge in [0.1, 0.15) is 11.6 Å². The highest BCUT2D eigenvalue weighted by Gasteiger charge is 1.97. The van der Waals surface area contributed by atoms with Crippen molar-refractivity contribution in [2.75, 3.05) is 5.32 Å². The molecule has 0 fully saturated rings. The van der Waals surface area contributed by atoms with Gasteiger partial charge >= 0.3 is 0 Å². The van der Waals surface area contributed by atoms with Crippen molar-refractivity contribution in [3.8, 4) is 5.75 Å². The SMILES string of the molecule is Cn1ccc(NCc2cccc(O)c2)n1. The van der Waals surface area contributed by atoms with Gasteiger partial charge in [0.25, 0.3) is 0 Å². The Labute approximate surface area is 88.2 Å². The van der Waals surface area contributed by atoms with Gasteiger partial charge in [-0.1, -0.05) is 12.1 Å². The number of hydrogen-bond acceptors (Lipinski definition) is 3. The highest BCUT2D eigenvalue weighted by molar-refractivity contribution is 5.35. The van der Waals surface area contributed by atoms with Crippen LogP contribution in [0.4, 0.5) is 5.82 Å². The Morgan fingerprint density at radius 1 is 1.40 bits per heavy atom. The maximum Gasteiger partial charge on any atom is 0.148 e. The van der Waals surface area contributed by atoms with E-state index in [1.165, 1.54) is 0 Å². The molecule has 4 nitrogen and oxygen atoms in total. The zero-order valence-corrected chi connectivity index (χ0v) is 8.51. The van der Waals surface area contributed by atoms with Gasteiger partial charge in [0.15, 0.2) is 0 Å². The average Bonchev–Trinajstić information content (AvgIpc) is 2.62. The lowest BCUT2D eigenvalue weighted by molar-refractivity contribution is 0.474. The van der Waals surface area contributed by atoms with E-state index in [4.69, 9.17) is 0 Å². The number of hydrogen-bond donors (Lipinski definition) is 2. The van der Waals surface area contributed by atoms with Gasteiger partial charge in [0.2, 0.25) is 0 Å². The van der Waals surface area contributed by atoms with Crippen LogP contribution in [-0.2, 0) is 13.6 Å². The fourth-order valence-corrected chi connectivity index (χ4v) is 1.37. The van der Waals surface area contributed by atoms with Gasteiger partial charge in [-0.15, -0.1) is 0 Å². The van der Waals surface area contributed by atoms with Crippen molar-refractivity contribution in [1.29, 1.82) is 0 Å². The number of aromatic hydroxyl groups is 1. The molecule has 0 bridgehead atoms. The second-order valence-electron chi connectivity index (χ2n) is 3.40. The molecule has 1 heterocycles. The van der Waals surface area contributed by atoms with Gasteiger partial charge in [-0.05, 0) is 17.7 Å². The van der Waals surface area contributed by atoms with Crippen LogP contribution in [0.3, 0.4) is 0 Å². The second-order valence-corrected chi connectivity index (χ2v) is 3.40. The highest BCUT2D eigenvalue weighted by Crippen LogP contribution is 2.12. The zero-order valence-electron chi connectivity index (χ0n) is 8.51. The van der Waals surface area contributed by atoms with E-state index in [0.29, 0.717) is 6.54 Å².